The highest BCUT2D eigenvalue weighted by atomic mass is 79.9. The molecule has 2 bridgehead atoms. The van der Waals surface area contributed by atoms with Crippen LogP contribution >= 0.6 is 15.9 Å². The van der Waals surface area contributed by atoms with E-state index in [-0.39, 0.29) is 42.2 Å². The summed E-state index contributed by atoms with van der Waals surface area (Å²) in [5.41, 5.74) is 1.17. The Kier molecular flexibility index (Phi) is 10.9. The lowest BCUT2D eigenvalue weighted by molar-refractivity contribution is -0.151. The molecule has 0 radical (unpaired) electrons. The number of hydrogen-bond donors (Lipinski definition) is 1. The van der Waals surface area contributed by atoms with Gasteiger partial charge in [0.05, 0.1) is 37.2 Å². The summed E-state index contributed by atoms with van der Waals surface area (Å²) < 4.78 is 12.5. The number of alkyl halides is 1. The lowest BCUT2D eigenvalue weighted by atomic mass is 9.70. The van der Waals surface area contributed by atoms with Gasteiger partial charge in [0.15, 0.2) is 0 Å². The number of aliphatic hydroxyl groups is 1. The molecule has 6 rings (SSSR count). The molecular formula is C40H44BrN3O6. The first-order chi connectivity index (χ1) is 24.3. The molecule has 3 aliphatic rings. The van der Waals surface area contributed by atoms with Crippen LogP contribution in [0.3, 0.4) is 0 Å². The fraction of sp³-hybridized carbons (Fsp3) is 0.375. The fourth-order valence-electron chi connectivity index (χ4n) is 8.04. The van der Waals surface area contributed by atoms with Gasteiger partial charge in [-0.25, -0.2) is 0 Å². The zero-order valence-electron chi connectivity index (χ0n) is 28.3. The van der Waals surface area contributed by atoms with Crippen LogP contribution in [-0.4, -0.2) is 87.5 Å². The van der Waals surface area contributed by atoms with Gasteiger partial charge >= 0.3 is 0 Å². The molecular weight excluding hydrogens is 698 g/mol. The minimum atomic E-state index is -1.30. The summed E-state index contributed by atoms with van der Waals surface area (Å²) in [6.07, 6.45) is 3.35. The Morgan fingerprint density at radius 1 is 1.00 bits per heavy atom. The average Bonchev–Trinajstić information content (AvgIpc) is 3.73. The van der Waals surface area contributed by atoms with Crippen molar-refractivity contribution in [2.24, 2.45) is 11.8 Å². The number of nitrogens with zero attached hydrogens (tertiary/aromatic N) is 3. The van der Waals surface area contributed by atoms with Gasteiger partial charge in [-0.05, 0) is 55.2 Å². The number of amides is 3. The lowest BCUT2D eigenvalue weighted by Gasteiger charge is -2.39. The second-order valence-corrected chi connectivity index (χ2v) is 14.3. The summed E-state index contributed by atoms with van der Waals surface area (Å²) >= 11 is 3.80. The minimum Gasteiger partial charge on any atom is -0.494 e. The van der Waals surface area contributed by atoms with Crippen LogP contribution in [0.1, 0.15) is 24.5 Å². The molecule has 3 aromatic carbocycles. The van der Waals surface area contributed by atoms with Crippen LogP contribution in [0.2, 0.25) is 0 Å². The van der Waals surface area contributed by atoms with Crippen molar-refractivity contribution in [3.63, 3.8) is 0 Å². The maximum atomic E-state index is 15.0. The molecule has 3 heterocycles. The largest absolute Gasteiger partial charge is 0.494 e. The molecule has 50 heavy (non-hydrogen) atoms. The average molecular weight is 743 g/mol. The van der Waals surface area contributed by atoms with E-state index in [0.29, 0.717) is 37.4 Å². The second kappa shape index (κ2) is 15.3. The molecule has 0 saturated carbocycles. The van der Waals surface area contributed by atoms with E-state index in [9.17, 15) is 14.7 Å². The normalized spacial score (nSPS) is 25.5. The molecule has 9 nitrogen and oxygen atoms in total. The Morgan fingerprint density at radius 3 is 2.24 bits per heavy atom. The molecule has 262 valence electrons. The van der Waals surface area contributed by atoms with Gasteiger partial charge in [-0.15, -0.1) is 13.2 Å². The highest BCUT2D eigenvalue weighted by Crippen LogP contribution is 2.61. The maximum absolute atomic E-state index is 15.0. The van der Waals surface area contributed by atoms with Gasteiger partial charge < -0.3 is 29.3 Å². The lowest BCUT2D eigenvalue weighted by Crippen LogP contribution is -2.59. The van der Waals surface area contributed by atoms with E-state index in [2.05, 4.69) is 29.1 Å². The van der Waals surface area contributed by atoms with Gasteiger partial charge in [0.1, 0.15) is 17.4 Å². The van der Waals surface area contributed by atoms with Crippen molar-refractivity contribution in [1.82, 2.24) is 9.80 Å². The van der Waals surface area contributed by atoms with Crippen LogP contribution in [0.15, 0.2) is 110 Å². The highest BCUT2D eigenvalue weighted by molar-refractivity contribution is 9.09. The summed E-state index contributed by atoms with van der Waals surface area (Å²) in [5, 5.41) is 10.9. The van der Waals surface area contributed by atoms with Crippen molar-refractivity contribution in [2.45, 2.75) is 54.9 Å². The topological polar surface area (TPSA) is 99.6 Å². The Hall–Kier alpha value is -4.25. The maximum Gasteiger partial charge on any atom is 0.249 e. The first-order valence-electron chi connectivity index (χ1n) is 17.2. The first kappa shape index (κ1) is 35.6. The number of benzene rings is 3. The summed E-state index contributed by atoms with van der Waals surface area (Å²) in [4.78, 5) is 49.3. The molecule has 10 heteroatoms. The Morgan fingerprint density at radius 2 is 1.64 bits per heavy atom. The van der Waals surface area contributed by atoms with E-state index in [1.165, 1.54) is 4.90 Å². The van der Waals surface area contributed by atoms with Gasteiger partial charge in [0.25, 0.3) is 0 Å². The van der Waals surface area contributed by atoms with Gasteiger partial charge in [-0.2, -0.15) is 0 Å². The zero-order valence-corrected chi connectivity index (χ0v) is 29.9. The molecule has 3 unspecified atom stereocenters. The monoisotopic (exact) mass is 741 g/mol. The Bertz CT molecular complexity index is 1690. The highest BCUT2D eigenvalue weighted by Gasteiger charge is 2.77. The van der Waals surface area contributed by atoms with Gasteiger partial charge in [-0.3, -0.25) is 14.4 Å². The number of anilines is 1. The van der Waals surface area contributed by atoms with Crippen LogP contribution in [0.5, 0.6) is 5.75 Å². The predicted molar refractivity (Wildman–Crippen MR) is 196 cm³/mol. The van der Waals surface area contributed by atoms with E-state index in [1.807, 2.05) is 91.9 Å². The van der Waals surface area contributed by atoms with Gasteiger partial charge in [0.2, 0.25) is 17.7 Å². The quantitative estimate of drug-likeness (QED) is 0.171. The minimum absolute atomic E-state index is 0.209. The zero-order chi connectivity index (χ0) is 35.4. The number of ether oxygens (including phenoxy) is 2. The van der Waals surface area contributed by atoms with E-state index < -0.39 is 35.6 Å². The Labute approximate surface area is 302 Å². The number of carbonyl (C=O) groups is 3. The fourth-order valence-corrected chi connectivity index (χ4v) is 8.99. The predicted octanol–water partition coefficient (Wildman–Crippen LogP) is 5.17. The molecule has 3 amide bonds. The summed E-state index contributed by atoms with van der Waals surface area (Å²) in [6.45, 7) is 10.6. The van der Waals surface area contributed by atoms with Crippen LogP contribution < -0.4 is 9.64 Å². The van der Waals surface area contributed by atoms with Crippen LogP contribution in [0.25, 0.3) is 0 Å². The van der Waals surface area contributed by atoms with Gasteiger partial charge in [-0.1, -0.05) is 88.7 Å². The molecule has 3 saturated heterocycles. The van der Waals surface area contributed by atoms with E-state index >= 15 is 4.79 Å². The number of likely N-dealkylation sites (tertiary alicyclic amines) is 1. The van der Waals surface area contributed by atoms with Crippen LogP contribution in [0, 0.1) is 11.8 Å². The summed E-state index contributed by atoms with van der Waals surface area (Å²) in [5.74, 6) is -2.09. The summed E-state index contributed by atoms with van der Waals surface area (Å²) in [7, 11) is 0. The number of rotatable bonds is 15. The number of aliphatic hydroxyl groups excluding tert-OH is 1. The molecule has 1 spiro atoms. The van der Waals surface area contributed by atoms with Crippen molar-refractivity contribution in [3.05, 3.63) is 121 Å². The number of fused-ring (bicyclic) bond motifs is 1. The molecule has 0 aromatic heterocycles. The summed E-state index contributed by atoms with van der Waals surface area (Å²) in [6, 6.07) is 24.7. The third kappa shape index (κ3) is 6.52. The molecule has 3 aromatic rings. The van der Waals surface area contributed by atoms with Gasteiger partial charge in [0, 0.05) is 30.1 Å². The van der Waals surface area contributed by atoms with Crippen molar-refractivity contribution in [3.8, 4) is 5.75 Å². The van der Waals surface area contributed by atoms with E-state index in [1.54, 1.807) is 22.0 Å². The van der Waals surface area contributed by atoms with Crippen molar-refractivity contribution in [2.75, 3.05) is 31.2 Å². The molecule has 0 aliphatic carbocycles. The number of carbonyl (C=O) groups excluding carboxylic acids is 3. The third-order valence-corrected chi connectivity index (χ3v) is 10.9. The standard InChI is InChI=1S/C40H44BrN3O6/c1-4-21-42(25-28-15-11-8-12-16-28)39(48)36-40-24-32(41)35(50-40)33(37(46)43(22-5-2)29-17-19-31(20-18-29)49-6-3)34(40)38(47)44(36)30(26-45)23-27-13-9-7-10-14-27/h4-5,7-20,30,32-36,45H,1-2,6,21-26H2,3H3/t30-,32?,33-,34+,35-,36?,40?/m1/s1. The molecule has 7 atom stereocenters. The van der Waals surface area contributed by atoms with Crippen LogP contribution in [-0.2, 0) is 32.1 Å². The SMILES string of the molecule is C=CCN(Cc1ccccc1)C(=O)C1N([C@@H](CO)Cc2ccccc2)C(=O)[C@@H]2[C@@H](C(=O)N(CC=C)c3ccc(OCC)cc3)[C@@H]3OC12CC3Br. The first-order valence-corrected chi connectivity index (χ1v) is 18.1. The Balaban J connectivity index is 1.42. The molecule has 3 fully saturated rings. The van der Waals surface area contributed by atoms with E-state index in [4.69, 9.17) is 9.47 Å². The van der Waals surface area contributed by atoms with E-state index in [0.717, 1.165) is 11.1 Å². The molecule has 3 aliphatic heterocycles. The third-order valence-electron chi connectivity index (χ3n) is 10.1. The number of halogens is 1. The smallest absolute Gasteiger partial charge is 0.249 e. The molecule has 1 N–H and O–H groups in total. The number of hydrogen-bond acceptors (Lipinski definition) is 6. The van der Waals surface area contributed by atoms with Crippen molar-refractivity contribution >= 4 is 39.3 Å². The second-order valence-electron chi connectivity index (χ2n) is 13.1. The van der Waals surface area contributed by atoms with Crippen molar-refractivity contribution in [1.29, 1.82) is 0 Å². The van der Waals surface area contributed by atoms with Crippen LogP contribution in [0.4, 0.5) is 5.69 Å². The van der Waals surface area contributed by atoms with Crippen molar-refractivity contribution < 1.29 is 29.0 Å².